The van der Waals surface area contributed by atoms with Crippen LogP contribution in [0, 0.1) is 0 Å². The van der Waals surface area contributed by atoms with E-state index in [2.05, 4.69) is 17.1 Å². The minimum atomic E-state index is 0.112. The van der Waals surface area contributed by atoms with Gasteiger partial charge in [0.05, 0.1) is 13.2 Å². The van der Waals surface area contributed by atoms with Crippen molar-refractivity contribution in [3.63, 3.8) is 0 Å². The third-order valence-electron chi connectivity index (χ3n) is 5.45. The van der Waals surface area contributed by atoms with Crippen LogP contribution in [0.4, 0.5) is 0 Å². The zero-order valence-corrected chi connectivity index (χ0v) is 16.1. The summed E-state index contributed by atoms with van der Waals surface area (Å²) in [5.74, 6) is 1.97. The summed E-state index contributed by atoms with van der Waals surface area (Å²) >= 11 is 0. The maximum Gasteiger partial charge on any atom is 0.223 e. The van der Waals surface area contributed by atoms with E-state index in [-0.39, 0.29) is 18.1 Å². The predicted octanol–water partition coefficient (Wildman–Crippen LogP) is 3.51. The summed E-state index contributed by atoms with van der Waals surface area (Å²) in [5, 5.41) is 3.38. The lowest BCUT2D eigenvalue weighted by molar-refractivity contribution is -0.137. The Labute approximate surface area is 157 Å². The van der Waals surface area contributed by atoms with Gasteiger partial charge in [0.15, 0.2) is 0 Å². The molecule has 1 aromatic carbocycles. The van der Waals surface area contributed by atoms with Crippen LogP contribution in [0.3, 0.4) is 0 Å². The van der Waals surface area contributed by atoms with E-state index in [4.69, 9.17) is 9.47 Å². The first kappa shape index (κ1) is 19.0. The largest absolute Gasteiger partial charge is 0.497 e. The molecule has 0 saturated heterocycles. The summed E-state index contributed by atoms with van der Waals surface area (Å²) in [5.41, 5.74) is 1.05. The number of benzene rings is 1. The van der Waals surface area contributed by atoms with Crippen molar-refractivity contribution in [3.8, 4) is 11.5 Å². The van der Waals surface area contributed by atoms with Gasteiger partial charge in [-0.15, -0.1) is 0 Å². The number of carbonyl (C=O) groups is 1. The first-order valence-corrected chi connectivity index (χ1v) is 10.1. The van der Waals surface area contributed by atoms with Gasteiger partial charge in [0, 0.05) is 18.5 Å². The fourth-order valence-corrected chi connectivity index (χ4v) is 4.04. The van der Waals surface area contributed by atoms with E-state index in [9.17, 15) is 4.79 Å². The Morgan fingerprint density at radius 3 is 2.96 bits per heavy atom. The van der Waals surface area contributed by atoms with Crippen molar-refractivity contribution >= 4 is 5.91 Å². The van der Waals surface area contributed by atoms with Gasteiger partial charge < -0.3 is 19.7 Å². The maximum absolute atomic E-state index is 13.0. The Morgan fingerprint density at radius 2 is 2.15 bits per heavy atom. The highest BCUT2D eigenvalue weighted by atomic mass is 16.5. The molecule has 26 heavy (non-hydrogen) atoms. The number of carbonyl (C=O) groups excluding carboxylic acids is 1. The molecule has 1 heterocycles. The monoisotopic (exact) mass is 360 g/mol. The third kappa shape index (κ3) is 4.50. The topological polar surface area (TPSA) is 50.8 Å². The summed E-state index contributed by atoms with van der Waals surface area (Å²) in [6.45, 7) is 4.70. The van der Waals surface area contributed by atoms with Crippen molar-refractivity contribution in [1.82, 2.24) is 10.2 Å². The SMILES string of the molecule is CCCNCCCC(=O)N1Cc2cc(OC)ccc2O[C@H]2CCCC[C@H]21. The summed E-state index contributed by atoms with van der Waals surface area (Å²) in [6, 6.07) is 6.13. The molecule has 1 amide bonds. The molecule has 0 radical (unpaired) electrons. The second-order valence-corrected chi connectivity index (χ2v) is 7.36. The van der Waals surface area contributed by atoms with Gasteiger partial charge in [-0.3, -0.25) is 4.79 Å². The highest BCUT2D eigenvalue weighted by Crippen LogP contribution is 2.36. The van der Waals surface area contributed by atoms with E-state index in [1.165, 1.54) is 12.8 Å². The van der Waals surface area contributed by atoms with E-state index >= 15 is 0 Å². The van der Waals surface area contributed by atoms with Crippen molar-refractivity contribution in [3.05, 3.63) is 23.8 Å². The molecule has 1 aromatic rings. The average molecular weight is 360 g/mol. The Bertz CT molecular complexity index is 605. The molecule has 0 bridgehead atoms. The smallest absolute Gasteiger partial charge is 0.223 e. The number of methoxy groups -OCH3 is 1. The fourth-order valence-electron chi connectivity index (χ4n) is 4.04. The highest BCUT2D eigenvalue weighted by Gasteiger charge is 2.37. The van der Waals surface area contributed by atoms with Gasteiger partial charge >= 0.3 is 0 Å². The Morgan fingerprint density at radius 1 is 1.31 bits per heavy atom. The number of hydrogen-bond acceptors (Lipinski definition) is 4. The first-order chi connectivity index (χ1) is 12.7. The standard InChI is InChI=1S/C21H32N2O3/c1-3-12-22-13-6-9-21(24)23-15-16-14-17(25-2)10-11-19(16)26-20-8-5-4-7-18(20)23/h10-11,14,18,20,22H,3-9,12-13,15H2,1-2H3/t18-,20+/m1/s1. The number of nitrogens with zero attached hydrogens (tertiary/aromatic N) is 1. The lowest BCUT2D eigenvalue weighted by atomic mass is 9.91. The molecule has 1 aliphatic carbocycles. The molecule has 0 aromatic heterocycles. The summed E-state index contributed by atoms with van der Waals surface area (Å²) in [7, 11) is 1.67. The number of nitrogens with one attached hydrogen (secondary N) is 1. The molecule has 1 saturated carbocycles. The second kappa shape index (κ2) is 9.26. The van der Waals surface area contributed by atoms with Gasteiger partial charge in [-0.05, 0) is 63.4 Å². The molecule has 2 aliphatic rings. The van der Waals surface area contributed by atoms with Gasteiger partial charge in [0.1, 0.15) is 17.6 Å². The molecule has 5 heteroatoms. The summed E-state index contributed by atoms with van der Waals surface area (Å²) in [6.07, 6.45) is 7.13. The van der Waals surface area contributed by atoms with Crippen LogP contribution in [0.5, 0.6) is 11.5 Å². The quantitative estimate of drug-likeness (QED) is 0.756. The number of fused-ring (bicyclic) bond motifs is 2. The third-order valence-corrected chi connectivity index (χ3v) is 5.45. The minimum absolute atomic E-state index is 0.112. The van der Waals surface area contributed by atoms with Crippen LogP contribution in [0.15, 0.2) is 18.2 Å². The van der Waals surface area contributed by atoms with Gasteiger partial charge in [-0.2, -0.15) is 0 Å². The summed E-state index contributed by atoms with van der Waals surface area (Å²) < 4.78 is 11.7. The molecule has 144 valence electrons. The molecule has 3 rings (SSSR count). The van der Waals surface area contributed by atoms with E-state index in [0.29, 0.717) is 13.0 Å². The lowest BCUT2D eigenvalue weighted by Crippen LogP contribution is -2.48. The number of hydrogen-bond donors (Lipinski definition) is 1. The van der Waals surface area contributed by atoms with Crippen LogP contribution in [-0.2, 0) is 11.3 Å². The normalized spacial score (nSPS) is 22.0. The molecule has 0 spiro atoms. The molecule has 1 fully saturated rings. The number of amides is 1. The zero-order chi connectivity index (χ0) is 18.4. The van der Waals surface area contributed by atoms with E-state index < -0.39 is 0 Å². The lowest BCUT2D eigenvalue weighted by Gasteiger charge is -2.37. The zero-order valence-electron chi connectivity index (χ0n) is 16.1. The molecule has 2 atom stereocenters. The van der Waals surface area contributed by atoms with Crippen LogP contribution in [0.1, 0.15) is 57.4 Å². The maximum atomic E-state index is 13.0. The van der Waals surface area contributed by atoms with Crippen LogP contribution in [0.2, 0.25) is 0 Å². The number of ether oxygens (including phenoxy) is 2. The van der Waals surface area contributed by atoms with Gasteiger partial charge in [0.25, 0.3) is 0 Å². The molecular weight excluding hydrogens is 328 g/mol. The van der Waals surface area contributed by atoms with Crippen molar-refractivity contribution in [2.24, 2.45) is 0 Å². The van der Waals surface area contributed by atoms with Crippen LogP contribution < -0.4 is 14.8 Å². The average Bonchev–Trinajstić information content (AvgIpc) is 2.83. The molecular formula is C21H32N2O3. The van der Waals surface area contributed by atoms with Crippen LogP contribution in [-0.4, -0.2) is 43.2 Å². The van der Waals surface area contributed by atoms with Gasteiger partial charge in [-0.1, -0.05) is 13.3 Å². The van der Waals surface area contributed by atoms with E-state index in [1.54, 1.807) is 7.11 Å². The van der Waals surface area contributed by atoms with Gasteiger partial charge in [-0.25, -0.2) is 0 Å². The fraction of sp³-hybridized carbons (Fsp3) is 0.667. The van der Waals surface area contributed by atoms with Crippen LogP contribution >= 0.6 is 0 Å². The molecule has 1 N–H and O–H groups in total. The molecule has 0 unspecified atom stereocenters. The van der Waals surface area contributed by atoms with Crippen molar-refractivity contribution in [2.45, 2.75) is 70.6 Å². The van der Waals surface area contributed by atoms with Crippen molar-refractivity contribution < 1.29 is 14.3 Å². The highest BCUT2D eigenvalue weighted by molar-refractivity contribution is 5.77. The van der Waals surface area contributed by atoms with Gasteiger partial charge in [0.2, 0.25) is 5.91 Å². The van der Waals surface area contributed by atoms with Crippen LogP contribution in [0.25, 0.3) is 0 Å². The Kier molecular flexibility index (Phi) is 6.78. The molecule has 5 nitrogen and oxygen atoms in total. The molecule has 1 aliphatic heterocycles. The van der Waals surface area contributed by atoms with Crippen molar-refractivity contribution in [1.29, 1.82) is 0 Å². The minimum Gasteiger partial charge on any atom is -0.497 e. The Hall–Kier alpha value is -1.75. The van der Waals surface area contributed by atoms with E-state index in [1.807, 2.05) is 18.2 Å². The first-order valence-electron chi connectivity index (χ1n) is 10.1. The van der Waals surface area contributed by atoms with Crippen molar-refractivity contribution in [2.75, 3.05) is 20.2 Å². The Balaban J connectivity index is 1.73. The predicted molar refractivity (Wildman–Crippen MR) is 103 cm³/mol. The van der Waals surface area contributed by atoms with E-state index in [0.717, 1.165) is 55.8 Å². The second-order valence-electron chi connectivity index (χ2n) is 7.36. The summed E-state index contributed by atoms with van der Waals surface area (Å²) in [4.78, 5) is 15.1. The number of rotatable bonds is 7.